The summed E-state index contributed by atoms with van der Waals surface area (Å²) in [5.41, 5.74) is -0.0367. The second kappa shape index (κ2) is 4.93. The third-order valence-electron chi connectivity index (χ3n) is 1.97. The molecule has 0 aliphatic rings. The molecule has 0 saturated heterocycles. The number of halogens is 2. The molecule has 5 heteroatoms. The number of nitrogens with zero attached hydrogens (tertiary/aromatic N) is 2. The van der Waals surface area contributed by atoms with E-state index in [4.69, 9.17) is 5.26 Å². The summed E-state index contributed by atoms with van der Waals surface area (Å²) in [7, 11) is 0. The molecule has 0 unspecified atom stereocenters. The predicted molar refractivity (Wildman–Crippen MR) is 59.4 cm³/mol. The van der Waals surface area contributed by atoms with Gasteiger partial charge in [0.1, 0.15) is 16.7 Å². The molecule has 2 rings (SSSR count). The van der Waals surface area contributed by atoms with Gasteiger partial charge in [-0.15, -0.1) is 0 Å². The molecule has 1 heterocycles. The SMILES string of the molecule is N#Cc1cc(F)c(Sc2ccccn2)c(F)c1. The molecule has 0 radical (unpaired) electrons. The quantitative estimate of drug-likeness (QED) is 0.817. The first kappa shape index (κ1) is 11.6. The zero-order chi connectivity index (χ0) is 12.3. The third kappa shape index (κ3) is 2.60. The fourth-order valence-electron chi connectivity index (χ4n) is 1.23. The van der Waals surface area contributed by atoms with Gasteiger partial charge in [0, 0.05) is 6.20 Å². The molecule has 2 nitrogen and oxygen atoms in total. The van der Waals surface area contributed by atoms with Gasteiger partial charge in [0.05, 0.1) is 16.5 Å². The van der Waals surface area contributed by atoms with Crippen LogP contribution in [0, 0.1) is 23.0 Å². The minimum Gasteiger partial charge on any atom is -0.250 e. The Bertz CT molecular complexity index is 556. The van der Waals surface area contributed by atoms with Gasteiger partial charge in [-0.25, -0.2) is 13.8 Å². The average Bonchev–Trinajstić information content (AvgIpc) is 2.35. The lowest BCUT2D eigenvalue weighted by Crippen LogP contribution is -1.91. The molecular weight excluding hydrogens is 242 g/mol. The van der Waals surface area contributed by atoms with E-state index in [2.05, 4.69) is 4.98 Å². The molecule has 84 valence electrons. The first-order chi connectivity index (χ1) is 8.20. The van der Waals surface area contributed by atoms with Crippen LogP contribution in [-0.2, 0) is 0 Å². The lowest BCUT2D eigenvalue weighted by Gasteiger charge is -2.04. The van der Waals surface area contributed by atoms with Gasteiger partial charge in [0.2, 0.25) is 0 Å². The predicted octanol–water partition coefficient (Wildman–Crippen LogP) is 3.38. The van der Waals surface area contributed by atoms with E-state index in [1.54, 1.807) is 30.5 Å². The summed E-state index contributed by atoms with van der Waals surface area (Å²) in [5, 5.41) is 9.06. The molecule has 0 aliphatic carbocycles. The monoisotopic (exact) mass is 248 g/mol. The maximum atomic E-state index is 13.5. The van der Waals surface area contributed by atoms with Gasteiger partial charge in [-0.3, -0.25) is 0 Å². The van der Waals surface area contributed by atoms with E-state index in [-0.39, 0.29) is 10.5 Å². The van der Waals surface area contributed by atoms with E-state index in [0.717, 1.165) is 23.9 Å². The van der Waals surface area contributed by atoms with Crippen LogP contribution in [0.2, 0.25) is 0 Å². The molecule has 0 bridgehead atoms. The van der Waals surface area contributed by atoms with Crippen molar-refractivity contribution in [1.29, 1.82) is 5.26 Å². The normalized spacial score (nSPS) is 9.94. The molecule has 0 aliphatic heterocycles. The molecule has 2 aromatic rings. The van der Waals surface area contributed by atoms with Crippen LogP contribution in [0.4, 0.5) is 8.78 Å². The molecule has 1 aromatic carbocycles. The topological polar surface area (TPSA) is 36.7 Å². The highest BCUT2D eigenvalue weighted by atomic mass is 32.2. The molecule has 0 amide bonds. The summed E-state index contributed by atoms with van der Waals surface area (Å²) >= 11 is 0.890. The Kier molecular flexibility index (Phi) is 3.35. The molecular formula is C12H6F2N2S. The van der Waals surface area contributed by atoms with E-state index >= 15 is 0 Å². The molecule has 0 N–H and O–H groups in total. The Morgan fingerprint density at radius 2 is 1.88 bits per heavy atom. The summed E-state index contributed by atoms with van der Waals surface area (Å²) < 4.78 is 27.1. The van der Waals surface area contributed by atoms with E-state index in [9.17, 15) is 8.78 Å². The fourth-order valence-corrected chi connectivity index (χ4v) is 2.02. The molecule has 0 spiro atoms. The number of benzene rings is 1. The Morgan fingerprint density at radius 3 is 2.41 bits per heavy atom. The van der Waals surface area contributed by atoms with Crippen molar-refractivity contribution < 1.29 is 8.78 Å². The van der Waals surface area contributed by atoms with Crippen molar-refractivity contribution in [1.82, 2.24) is 4.98 Å². The van der Waals surface area contributed by atoms with Crippen molar-refractivity contribution >= 4 is 11.8 Å². The highest BCUT2D eigenvalue weighted by Crippen LogP contribution is 2.31. The van der Waals surface area contributed by atoms with E-state index in [1.165, 1.54) is 0 Å². The smallest absolute Gasteiger partial charge is 0.141 e. The standard InChI is InChI=1S/C12H6F2N2S/c13-9-5-8(7-15)6-10(14)12(9)17-11-3-1-2-4-16-11/h1-6H. The highest BCUT2D eigenvalue weighted by molar-refractivity contribution is 7.99. The number of hydrogen-bond donors (Lipinski definition) is 0. The highest BCUT2D eigenvalue weighted by Gasteiger charge is 2.13. The average molecular weight is 248 g/mol. The third-order valence-corrected chi connectivity index (χ3v) is 3.02. The largest absolute Gasteiger partial charge is 0.250 e. The first-order valence-electron chi connectivity index (χ1n) is 4.69. The molecule has 0 saturated carbocycles. The van der Waals surface area contributed by atoms with Crippen molar-refractivity contribution in [3.05, 3.63) is 53.7 Å². The molecule has 0 fully saturated rings. The van der Waals surface area contributed by atoms with Gasteiger partial charge in [0.25, 0.3) is 0 Å². The fraction of sp³-hybridized carbons (Fsp3) is 0. The Morgan fingerprint density at radius 1 is 1.18 bits per heavy atom. The zero-order valence-electron chi connectivity index (χ0n) is 8.52. The van der Waals surface area contributed by atoms with Crippen LogP contribution >= 0.6 is 11.8 Å². The van der Waals surface area contributed by atoms with Gasteiger partial charge < -0.3 is 0 Å². The second-order valence-electron chi connectivity index (χ2n) is 3.15. The van der Waals surface area contributed by atoms with Crippen LogP contribution in [0.15, 0.2) is 46.5 Å². The van der Waals surface area contributed by atoms with Crippen LogP contribution in [0.1, 0.15) is 5.56 Å². The molecule has 1 aromatic heterocycles. The molecule has 0 atom stereocenters. The Balaban J connectivity index is 2.38. The van der Waals surface area contributed by atoms with Crippen molar-refractivity contribution in [2.24, 2.45) is 0 Å². The van der Waals surface area contributed by atoms with Gasteiger partial charge in [-0.1, -0.05) is 17.8 Å². The minimum absolute atomic E-state index is 0.0367. The maximum Gasteiger partial charge on any atom is 0.141 e. The van der Waals surface area contributed by atoms with Crippen LogP contribution in [-0.4, -0.2) is 4.98 Å². The second-order valence-corrected chi connectivity index (χ2v) is 4.18. The van der Waals surface area contributed by atoms with Gasteiger partial charge in [-0.05, 0) is 24.3 Å². The van der Waals surface area contributed by atoms with E-state index in [1.807, 2.05) is 0 Å². The van der Waals surface area contributed by atoms with Crippen LogP contribution < -0.4 is 0 Å². The Hall–Kier alpha value is -1.93. The summed E-state index contributed by atoms with van der Waals surface area (Å²) in [5.74, 6) is -1.51. The summed E-state index contributed by atoms with van der Waals surface area (Å²) in [6.45, 7) is 0. The summed E-state index contributed by atoms with van der Waals surface area (Å²) in [6, 6.07) is 8.81. The Labute approximate surface area is 101 Å². The van der Waals surface area contributed by atoms with E-state index < -0.39 is 11.6 Å². The van der Waals surface area contributed by atoms with Crippen molar-refractivity contribution in [2.45, 2.75) is 9.92 Å². The zero-order valence-corrected chi connectivity index (χ0v) is 9.34. The van der Waals surface area contributed by atoms with Gasteiger partial charge >= 0.3 is 0 Å². The number of pyridine rings is 1. The van der Waals surface area contributed by atoms with E-state index in [0.29, 0.717) is 5.03 Å². The summed E-state index contributed by atoms with van der Waals surface area (Å²) in [6.07, 6.45) is 1.54. The number of nitriles is 1. The van der Waals surface area contributed by atoms with Crippen molar-refractivity contribution in [2.75, 3.05) is 0 Å². The van der Waals surface area contributed by atoms with Crippen LogP contribution in [0.5, 0.6) is 0 Å². The molecule has 17 heavy (non-hydrogen) atoms. The van der Waals surface area contributed by atoms with Gasteiger partial charge in [0.15, 0.2) is 0 Å². The lowest BCUT2D eigenvalue weighted by atomic mass is 10.2. The van der Waals surface area contributed by atoms with Gasteiger partial charge in [-0.2, -0.15) is 5.26 Å². The van der Waals surface area contributed by atoms with Crippen LogP contribution in [0.25, 0.3) is 0 Å². The number of aromatic nitrogens is 1. The number of rotatable bonds is 2. The summed E-state index contributed by atoms with van der Waals surface area (Å²) in [4.78, 5) is 3.81. The minimum atomic E-state index is -0.753. The lowest BCUT2D eigenvalue weighted by molar-refractivity contribution is 0.539. The van der Waals surface area contributed by atoms with Crippen molar-refractivity contribution in [3.63, 3.8) is 0 Å². The first-order valence-corrected chi connectivity index (χ1v) is 5.50. The number of hydrogen-bond acceptors (Lipinski definition) is 3. The van der Waals surface area contributed by atoms with Crippen molar-refractivity contribution in [3.8, 4) is 6.07 Å². The maximum absolute atomic E-state index is 13.5. The van der Waals surface area contributed by atoms with Crippen LogP contribution in [0.3, 0.4) is 0 Å².